The molecule has 8 heteroatoms. The average Bonchev–Trinajstić information content (AvgIpc) is 3.20. The van der Waals surface area contributed by atoms with Crippen LogP contribution in [0.25, 0.3) is 21.9 Å². The molecule has 30 heavy (non-hydrogen) atoms. The molecule has 4 aromatic rings. The highest BCUT2D eigenvalue weighted by molar-refractivity contribution is 6.02. The number of pyridine rings is 1. The highest BCUT2D eigenvalue weighted by Crippen LogP contribution is 2.27. The van der Waals surface area contributed by atoms with Gasteiger partial charge in [0, 0.05) is 30.7 Å². The third-order valence-corrected chi connectivity index (χ3v) is 5.49. The Balaban J connectivity index is 1.48. The van der Waals surface area contributed by atoms with Crippen LogP contribution in [0.1, 0.15) is 25.6 Å². The van der Waals surface area contributed by atoms with Crippen molar-refractivity contribution in [3.8, 4) is 0 Å². The Kier molecular flexibility index (Phi) is 4.71. The van der Waals surface area contributed by atoms with Crippen LogP contribution in [0.2, 0.25) is 0 Å². The Morgan fingerprint density at radius 2 is 1.87 bits per heavy atom. The summed E-state index contributed by atoms with van der Waals surface area (Å²) in [5, 5.41) is 4.25. The number of hydrogen-bond donors (Lipinski definition) is 1. The molecule has 154 valence electrons. The number of imidazole rings is 1. The van der Waals surface area contributed by atoms with Gasteiger partial charge in [0.15, 0.2) is 0 Å². The summed E-state index contributed by atoms with van der Waals surface area (Å²) in [6.07, 6.45) is 3.72. The Bertz CT molecular complexity index is 1210. The first kappa shape index (κ1) is 18.7. The molecule has 4 heterocycles. The van der Waals surface area contributed by atoms with Crippen LogP contribution >= 0.6 is 0 Å². The van der Waals surface area contributed by atoms with Crippen LogP contribution in [0.4, 0.5) is 17.5 Å². The van der Waals surface area contributed by atoms with E-state index in [1.165, 1.54) is 0 Å². The molecule has 0 aliphatic carbocycles. The lowest BCUT2D eigenvalue weighted by molar-refractivity contribution is 0.122. The van der Waals surface area contributed by atoms with Crippen molar-refractivity contribution in [3.05, 3.63) is 42.5 Å². The fourth-order valence-electron chi connectivity index (χ4n) is 3.94. The molecule has 0 atom stereocenters. The van der Waals surface area contributed by atoms with Gasteiger partial charge in [-0.2, -0.15) is 0 Å². The molecule has 1 aromatic carbocycles. The van der Waals surface area contributed by atoms with Crippen LogP contribution in [-0.2, 0) is 4.74 Å². The third-order valence-electron chi connectivity index (χ3n) is 5.49. The molecule has 1 aliphatic heterocycles. The van der Waals surface area contributed by atoms with E-state index in [2.05, 4.69) is 44.7 Å². The minimum Gasteiger partial charge on any atom is -0.378 e. The molecule has 0 radical (unpaired) electrons. The quantitative estimate of drug-likeness (QED) is 0.554. The molecule has 0 amide bonds. The monoisotopic (exact) mass is 403 g/mol. The van der Waals surface area contributed by atoms with Gasteiger partial charge in [-0.15, -0.1) is 0 Å². The number of benzene rings is 1. The van der Waals surface area contributed by atoms with Gasteiger partial charge in [-0.1, -0.05) is 0 Å². The smallest absolute Gasteiger partial charge is 0.228 e. The molecular weight excluding hydrogens is 378 g/mol. The van der Waals surface area contributed by atoms with Crippen molar-refractivity contribution in [1.82, 2.24) is 24.5 Å². The molecule has 0 unspecified atom stereocenters. The summed E-state index contributed by atoms with van der Waals surface area (Å²) in [6, 6.07) is 8.40. The molecule has 3 aromatic heterocycles. The first-order valence-corrected chi connectivity index (χ1v) is 10.3. The Labute approximate surface area is 174 Å². The number of aromatic nitrogens is 5. The van der Waals surface area contributed by atoms with E-state index >= 15 is 0 Å². The van der Waals surface area contributed by atoms with Crippen LogP contribution in [-0.4, -0.2) is 50.8 Å². The van der Waals surface area contributed by atoms with Gasteiger partial charge in [-0.3, -0.25) is 0 Å². The number of fused-ring (bicyclic) bond motifs is 3. The zero-order valence-electron chi connectivity index (χ0n) is 17.5. The highest BCUT2D eigenvalue weighted by atomic mass is 16.5. The van der Waals surface area contributed by atoms with E-state index in [4.69, 9.17) is 14.7 Å². The summed E-state index contributed by atoms with van der Waals surface area (Å²) in [5.41, 5.74) is 4.97. The maximum atomic E-state index is 5.45. The predicted octanol–water partition coefficient (Wildman–Crippen LogP) is 3.84. The Hall–Kier alpha value is -3.26. The van der Waals surface area contributed by atoms with Crippen molar-refractivity contribution < 1.29 is 4.74 Å². The third kappa shape index (κ3) is 3.33. The largest absolute Gasteiger partial charge is 0.378 e. The van der Waals surface area contributed by atoms with E-state index in [9.17, 15) is 0 Å². The van der Waals surface area contributed by atoms with E-state index in [0.717, 1.165) is 65.4 Å². The van der Waals surface area contributed by atoms with Gasteiger partial charge in [-0.25, -0.2) is 19.9 Å². The topological polar surface area (TPSA) is 81.0 Å². The number of morpholine rings is 1. The second kappa shape index (κ2) is 7.53. The van der Waals surface area contributed by atoms with Gasteiger partial charge in [0.05, 0.1) is 42.0 Å². The second-order valence-electron chi connectivity index (χ2n) is 7.84. The molecule has 8 nitrogen and oxygen atoms in total. The summed E-state index contributed by atoms with van der Waals surface area (Å²) in [7, 11) is 0. The first-order chi connectivity index (χ1) is 14.6. The molecule has 0 bridgehead atoms. The summed E-state index contributed by atoms with van der Waals surface area (Å²) in [6.45, 7) is 9.61. The van der Waals surface area contributed by atoms with Crippen molar-refractivity contribution in [1.29, 1.82) is 0 Å². The zero-order chi connectivity index (χ0) is 20.7. The van der Waals surface area contributed by atoms with Crippen molar-refractivity contribution in [3.63, 3.8) is 0 Å². The number of hydrogen-bond acceptors (Lipinski definition) is 7. The Morgan fingerprint density at radius 3 is 2.63 bits per heavy atom. The van der Waals surface area contributed by atoms with Crippen molar-refractivity contribution >= 4 is 39.4 Å². The minimum atomic E-state index is 0.295. The normalized spacial score (nSPS) is 14.7. The SMILES string of the molecule is Cc1nc(Nc2ncc3ccc4ncn(C(C)C)c4c3n2)ccc1N1CCOCC1. The number of nitrogens with zero attached hydrogens (tertiary/aromatic N) is 6. The average molecular weight is 403 g/mol. The molecule has 0 spiro atoms. The van der Waals surface area contributed by atoms with Crippen LogP contribution in [0.3, 0.4) is 0 Å². The molecular formula is C22H25N7O. The van der Waals surface area contributed by atoms with Crippen LogP contribution in [0.15, 0.2) is 36.8 Å². The summed E-state index contributed by atoms with van der Waals surface area (Å²) >= 11 is 0. The predicted molar refractivity (Wildman–Crippen MR) is 119 cm³/mol. The second-order valence-corrected chi connectivity index (χ2v) is 7.84. The lowest BCUT2D eigenvalue weighted by atomic mass is 10.2. The lowest BCUT2D eigenvalue weighted by Gasteiger charge is -2.29. The zero-order valence-corrected chi connectivity index (χ0v) is 17.5. The molecule has 5 rings (SSSR count). The van der Waals surface area contributed by atoms with Crippen molar-refractivity contribution in [2.75, 3.05) is 36.5 Å². The van der Waals surface area contributed by atoms with Gasteiger partial charge >= 0.3 is 0 Å². The number of rotatable bonds is 4. The summed E-state index contributed by atoms with van der Waals surface area (Å²) in [5.74, 6) is 1.26. The van der Waals surface area contributed by atoms with Gasteiger partial charge in [-0.05, 0) is 45.0 Å². The standard InChI is InChI=1S/C22H25N7O/c1-14(2)29-13-24-17-5-4-16-12-23-22(27-20(16)21(17)29)26-19-7-6-18(15(3)25-19)28-8-10-30-11-9-28/h4-7,12-14H,8-11H2,1-3H3,(H,23,25,26,27). The number of anilines is 3. The molecule has 1 saturated heterocycles. The summed E-state index contributed by atoms with van der Waals surface area (Å²) < 4.78 is 7.60. The van der Waals surface area contributed by atoms with Crippen molar-refractivity contribution in [2.45, 2.75) is 26.8 Å². The lowest BCUT2D eigenvalue weighted by Crippen LogP contribution is -2.36. The van der Waals surface area contributed by atoms with Crippen molar-refractivity contribution in [2.24, 2.45) is 0 Å². The highest BCUT2D eigenvalue weighted by Gasteiger charge is 2.15. The van der Waals surface area contributed by atoms with Crippen LogP contribution in [0.5, 0.6) is 0 Å². The summed E-state index contributed by atoms with van der Waals surface area (Å²) in [4.78, 5) is 20.9. The molecule has 1 fully saturated rings. The van der Waals surface area contributed by atoms with E-state index in [1.54, 1.807) is 0 Å². The fraction of sp³-hybridized carbons (Fsp3) is 0.364. The minimum absolute atomic E-state index is 0.295. The number of aryl methyl sites for hydroxylation is 1. The van der Waals surface area contributed by atoms with Gasteiger partial charge in [0.25, 0.3) is 0 Å². The maximum absolute atomic E-state index is 5.45. The van der Waals surface area contributed by atoms with Crippen LogP contribution < -0.4 is 10.2 Å². The fourth-order valence-corrected chi connectivity index (χ4v) is 3.94. The Morgan fingerprint density at radius 1 is 1.03 bits per heavy atom. The molecule has 1 aliphatic rings. The van der Waals surface area contributed by atoms with E-state index in [0.29, 0.717) is 12.0 Å². The van der Waals surface area contributed by atoms with Gasteiger partial charge in [0.2, 0.25) is 5.95 Å². The van der Waals surface area contributed by atoms with E-state index in [1.807, 2.05) is 37.6 Å². The van der Waals surface area contributed by atoms with E-state index < -0.39 is 0 Å². The number of ether oxygens (including phenoxy) is 1. The van der Waals surface area contributed by atoms with Gasteiger partial charge < -0.3 is 19.5 Å². The molecule has 0 saturated carbocycles. The first-order valence-electron chi connectivity index (χ1n) is 10.3. The maximum Gasteiger partial charge on any atom is 0.228 e. The number of nitrogens with one attached hydrogen (secondary N) is 1. The van der Waals surface area contributed by atoms with Crippen LogP contribution in [0, 0.1) is 6.92 Å². The van der Waals surface area contributed by atoms with E-state index in [-0.39, 0.29) is 0 Å². The molecule has 1 N–H and O–H groups in total. The van der Waals surface area contributed by atoms with Gasteiger partial charge in [0.1, 0.15) is 11.3 Å².